The number of methoxy groups -OCH3 is 1. The molecule has 1 aliphatic carbocycles. The van der Waals surface area contributed by atoms with Crippen molar-refractivity contribution in [3.05, 3.63) is 106 Å². The molecule has 0 saturated heterocycles. The van der Waals surface area contributed by atoms with Gasteiger partial charge in [-0.2, -0.15) is 12.8 Å². The molecular formula is C24H17BrN2O5S. The maximum Gasteiger partial charge on any atom is 0.339 e. The number of halogens is 1. The summed E-state index contributed by atoms with van der Waals surface area (Å²) < 4.78 is 35.5. The van der Waals surface area contributed by atoms with Gasteiger partial charge < -0.3 is 10.1 Å². The molecule has 0 heterocycles. The van der Waals surface area contributed by atoms with E-state index in [4.69, 9.17) is 4.74 Å². The fraction of sp³-hybridized carbons (Fsp3) is 0.0417. The molecule has 9 heteroatoms. The van der Waals surface area contributed by atoms with Crippen LogP contribution in [-0.2, 0) is 14.8 Å². The monoisotopic (exact) mass is 524 g/mol. The molecule has 0 atom stereocenters. The molecule has 0 amide bonds. The number of esters is 1. The van der Waals surface area contributed by atoms with Crippen LogP contribution in [0, 0.1) is 0 Å². The first-order chi connectivity index (χ1) is 15.8. The molecule has 3 aromatic rings. The molecule has 0 fully saturated rings. The number of nitrogens with zero attached hydrogens (tertiary/aromatic N) is 1. The summed E-state index contributed by atoms with van der Waals surface area (Å²) in [6, 6.07) is 19.3. The molecule has 4 rings (SSSR count). The number of Topliss-reactive ketones (excluding diaryl/α,β-unsaturated/α-hetero) is 1. The fourth-order valence-electron chi connectivity index (χ4n) is 3.31. The van der Waals surface area contributed by atoms with Crippen molar-refractivity contribution in [2.45, 2.75) is 4.90 Å². The highest BCUT2D eigenvalue weighted by atomic mass is 79.9. The Hall–Kier alpha value is -3.56. The number of ether oxygens (including phenoxy) is 1. The van der Waals surface area contributed by atoms with Crippen LogP contribution in [0.1, 0.15) is 26.3 Å². The molecule has 33 heavy (non-hydrogen) atoms. The van der Waals surface area contributed by atoms with Crippen molar-refractivity contribution in [1.82, 2.24) is 0 Å². The second kappa shape index (κ2) is 9.13. The van der Waals surface area contributed by atoms with E-state index in [2.05, 4.69) is 25.6 Å². The second-order valence-electron chi connectivity index (χ2n) is 7.00. The van der Waals surface area contributed by atoms with Gasteiger partial charge in [0.05, 0.1) is 34.7 Å². The van der Waals surface area contributed by atoms with Gasteiger partial charge in [0.1, 0.15) is 0 Å². The highest BCUT2D eigenvalue weighted by Gasteiger charge is 2.27. The zero-order chi connectivity index (χ0) is 23.6. The standard InChI is InChI=1S/C24H17BrN2O5S/c1-32-24(29)19-8-4-5-9-20(19)26-22-14-21(17-6-2-3-7-18(17)23(22)28)27-33(30,31)16-12-10-15(25)11-13-16/h2-14,26H,1H3/b27-21-. The van der Waals surface area contributed by atoms with Crippen molar-refractivity contribution >= 4 is 49.1 Å². The van der Waals surface area contributed by atoms with Gasteiger partial charge in [-0.1, -0.05) is 52.3 Å². The summed E-state index contributed by atoms with van der Waals surface area (Å²) in [5.74, 6) is -0.931. The Morgan fingerprint density at radius 3 is 2.27 bits per heavy atom. The summed E-state index contributed by atoms with van der Waals surface area (Å²) >= 11 is 3.28. The smallest absolute Gasteiger partial charge is 0.339 e. The number of hydrogen-bond acceptors (Lipinski definition) is 6. The average molecular weight is 525 g/mol. The normalized spacial score (nSPS) is 14.4. The third kappa shape index (κ3) is 4.64. The molecule has 1 N–H and O–H groups in total. The van der Waals surface area contributed by atoms with Gasteiger partial charge in [-0.25, -0.2) is 4.79 Å². The molecular weight excluding hydrogens is 508 g/mol. The fourth-order valence-corrected chi connectivity index (χ4v) is 4.57. The number of carbonyl (C=O) groups excluding carboxylic acids is 2. The summed E-state index contributed by atoms with van der Waals surface area (Å²) in [6.45, 7) is 0. The highest BCUT2D eigenvalue weighted by Crippen LogP contribution is 2.27. The predicted molar refractivity (Wildman–Crippen MR) is 128 cm³/mol. The van der Waals surface area contributed by atoms with E-state index in [1.54, 1.807) is 60.7 Å². The summed E-state index contributed by atoms with van der Waals surface area (Å²) in [4.78, 5) is 25.3. The van der Waals surface area contributed by atoms with Gasteiger partial charge in [0.15, 0.2) is 0 Å². The van der Waals surface area contributed by atoms with Crippen LogP contribution in [0.2, 0.25) is 0 Å². The van der Waals surface area contributed by atoms with E-state index in [9.17, 15) is 18.0 Å². The Labute approximate surface area is 199 Å². The number of fused-ring (bicyclic) bond motifs is 1. The van der Waals surface area contributed by atoms with Gasteiger partial charge in [-0.3, -0.25) is 4.79 Å². The van der Waals surface area contributed by atoms with Gasteiger partial charge in [0.25, 0.3) is 10.0 Å². The van der Waals surface area contributed by atoms with Gasteiger partial charge in [-0.05, 0) is 42.5 Å². The van der Waals surface area contributed by atoms with Crippen molar-refractivity contribution in [1.29, 1.82) is 0 Å². The molecule has 1 aliphatic rings. The second-order valence-corrected chi connectivity index (χ2v) is 9.52. The van der Waals surface area contributed by atoms with Gasteiger partial charge in [0.2, 0.25) is 5.78 Å². The van der Waals surface area contributed by atoms with Crippen LogP contribution in [0.15, 0.2) is 98.3 Å². The number of rotatable bonds is 5. The largest absolute Gasteiger partial charge is 0.465 e. The first kappa shape index (κ1) is 22.6. The molecule has 0 spiro atoms. The lowest BCUT2D eigenvalue weighted by Gasteiger charge is -2.19. The maximum atomic E-state index is 13.1. The molecule has 166 valence electrons. The minimum Gasteiger partial charge on any atom is -0.465 e. The Balaban J connectivity index is 1.82. The molecule has 0 aliphatic heterocycles. The lowest BCUT2D eigenvalue weighted by molar-refractivity contribution is 0.0601. The van der Waals surface area contributed by atoms with E-state index in [0.717, 1.165) is 4.47 Å². The molecule has 7 nitrogen and oxygen atoms in total. The SMILES string of the molecule is COC(=O)c1ccccc1NC1=C/C(=N/S(=O)(=O)c2ccc(Br)cc2)c2ccccc2C1=O. The van der Waals surface area contributed by atoms with E-state index in [1.807, 2.05) is 0 Å². The Morgan fingerprint density at radius 1 is 0.939 bits per heavy atom. The van der Waals surface area contributed by atoms with Crippen LogP contribution in [0.4, 0.5) is 5.69 Å². The third-order valence-electron chi connectivity index (χ3n) is 4.91. The number of hydrogen-bond donors (Lipinski definition) is 1. The van der Waals surface area contributed by atoms with Gasteiger partial charge in [-0.15, -0.1) is 0 Å². The van der Waals surface area contributed by atoms with Crippen molar-refractivity contribution in [2.24, 2.45) is 4.40 Å². The number of anilines is 1. The first-order valence-corrected chi connectivity index (χ1v) is 11.9. The van der Waals surface area contributed by atoms with Crippen molar-refractivity contribution < 1.29 is 22.7 Å². The number of para-hydroxylation sites is 1. The lowest BCUT2D eigenvalue weighted by Crippen LogP contribution is -2.23. The Kier molecular flexibility index (Phi) is 6.26. The third-order valence-corrected chi connectivity index (χ3v) is 6.74. The van der Waals surface area contributed by atoms with E-state index in [1.165, 1.54) is 25.3 Å². The minimum absolute atomic E-state index is 0.0199. The minimum atomic E-state index is -4.05. The van der Waals surface area contributed by atoms with Gasteiger partial charge in [0, 0.05) is 15.6 Å². The van der Waals surface area contributed by atoms with E-state index in [0.29, 0.717) is 16.8 Å². The van der Waals surface area contributed by atoms with Crippen LogP contribution in [0.25, 0.3) is 0 Å². The molecule has 3 aromatic carbocycles. The molecule has 0 unspecified atom stereocenters. The highest BCUT2D eigenvalue weighted by molar-refractivity contribution is 9.10. The zero-order valence-electron chi connectivity index (χ0n) is 17.3. The van der Waals surface area contributed by atoms with Crippen LogP contribution in [0.5, 0.6) is 0 Å². The first-order valence-electron chi connectivity index (χ1n) is 9.71. The van der Waals surface area contributed by atoms with Crippen LogP contribution < -0.4 is 5.32 Å². The average Bonchev–Trinajstić information content (AvgIpc) is 2.82. The summed E-state index contributed by atoms with van der Waals surface area (Å²) in [5.41, 5.74) is 1.45. The van der Waals surface area contributed by atoms with Crippen LogP contribution >= 0.6 is 15.9 Å². The predicted octanol–water partition coefficient (Wildman–Crippen LogP) is 4.61. The molecule has 0 aromatic heterocycles. The van der Waals surface area contributed by atoms with Gasteiger partial charge >= 0.3 is 5.97 Å². The number of benzene rings is 3. The van der Waals surface area contributed by atoms with E-state index < -0.39 is 16.0 Å². The Bertz CT molecular complexity index is 1430. The lowest BCUT2D eigenvalue weighted by atomic mass is 9.92. The van der Waals surface area contributed by atoms with E-state index >= 15 is 0 Å². The Morgan fingerprint density at radius 2 is 1.58 bits per heavy atom. The quantitative estimate of drug-likeness (QED) is 0.489. The van der Waals surface area contributed by atoms with Crippen molar-refractivity contribution in [3.63, 3.8) is 0 Å². The van der Waals surface area contributed by atoms with Crippen LogP contribution in [0.3, 0.4) is 0 Å². The van der Waals surface area contributed by atoms with Crippen molar-refractivity contribution in [3.8, 4) is 0 Å². The topological polar surface area (TPSA) is 102 Å². The summed E-state index contributed by atoms with van der Waals surface area (Å²) in [7, 11) is -2.79. The van der Waals surface area contributed by atoms with Crippen LogP contribution in [-0.4, -0.2) is 33.0 Å². The molecule has 0 bridgehead atoms. The number of nitrogens with one attached hydrogen (secondary N) is 1. The van der Waals surface area contributed by atoms with E-state index in [-0.39, 0.29) is 27.7 Å². The summed E-state index contributed by atoms with van der Waals surface area (Å²) in [6.07, 6.45) is 1.37. The number of allylic oxidation sites excluding steroid dienone is 2. The number of carbonyl (C=O) groups is 2. The van der Waals surface area contributed by atoms with Crippen molar-refractivity contribution in [2.75, 3.05) is 12.4 Å². The number of sulfonamides is 1. The molecule has 0 radical (unpaired) electrons. The number of ketones is 1. The molecule has 0 saturated carbocycles. The maximum absolute atomic E-state index is 13.1. The zero-order valence-corrected chi connectivity index (χ0v) is 19.7. The summed E-state index contributed by atoms with van der Waals surface area (Å²) in [5, 5.41) is 2.95.